The lowest BCUT2D eigenvalue weighted by molar-refractivity contribution is 0.505. The summed E-state index contributed by atoms with van der Waals surface area (Å²) in [5.41, 5.74) is 0. The lowest BCUT2D eigenvalue weighted by Gasteiger charge is -2.14. The Hall–Kier alpha value is -0.160. The summed E-state index contributed by atoms with van der Waals surface area (Å²) in [4.78, 5) is 2.96. The van der Waals surface area contributed by atoms with E-state index >= 15 is 0 Å². The fraction of sp³-hybridized carbons (Fsp3) is 0.429. The second kappa shape index (κ2) is 7.43. The highest BCUT2D eigenvalue weighted by molar-refractivity contribution is 9.10. The minimum absolute atomic E-state index is 0.593. The predicted molar refractivity (Wildman–Crippen MR) is 85.8 cm³/mol. The van der Waals surface area contributed by atoms with Gasteiger partial charge in [-0.05, 0) is 66.2 Å². The number of likely N-dealkylation sites (N-methyl/N-ethyl adjacent to an activating group) is 1. The number of thiophene rings is 2. The normalized spacial score (nSPS) is 12.8. The van der Waals surface area contributed by atoms with Crippen molar-refractivity contribution in [2.24, 2.45) is 0 Å². The molecule has 1 nitrogen and oxygen atoms in total. The van der Waals surface area contributed by atoms with Crippen LogP contribution in [0, 0.1) is 0 Å². The Morgan fingerprint density at radius 1 is 1.33 bits per heavy atom. The lowest BCUT2D eigenvalue weighted by Crippen LogP contribution is -2.27. The molecule has 0 aliphatic rings. The molecule has 0 saturated carbocycles. The maximum absolute atomic E-state index is 3.51. The second-order valence-corrected chi connectivity index (χ2v) is 7.34. The summed E-state index contributed by atoms with van der Waals surface area (Å²) in [6.07, 6.45) is 4.85. The van der Waals surface area contributed by atoms with Crippen molar-refractivity contribution in [2.75, 3.05) is 7.05 Å². The van der Waals surface area contributed by atoms with E-state index in [1.54, 1.807) is 0 Å². The number of halogens is 1. The number of nitrogens with one attached hydrogen (secondary N) is 1. The SMILES string of the molecule is CNC(CCCc1cccs1)Cc1cc(Br)cs1. The molecule has 0 aliphatic carbocycles. The molecule has 1 atom stereocenters. The summed E-state index contributed by atoms with van der Waals surface area (Å²) in [7, 11) is 2.07. The van der Waals surface area contributed by atoms with Crippen LogP contribution in [0.4, 0.5) is 0 Å². The van der Waals surface area contributed by atoms with Gasteiger partial charge in [-0.2, -0.15) is 0 Å². The van der Waals surface area contributed by atoms with Gasteiger partial charge in [0.2, 0.25) is 0 Å². The summed E-state index contributed by atoms with van der Waals surface area (Å²) in [6, 6.07) is 7.19. The zero-order valence-corrected chi connectivity index (χ0v) is 13.7. The highest BCUT2D eigenvalue weighted by Crippen LogP contribution is 2.22. The molecule has 0 aromatic carbocycles. The molecule has 1 unspecified atom stereocenters. The molecule has 2 heterocycles. The average Bonchev–Trinajstić information content (AvgIpc) is 3.00. The van der Waals surface area contributed by atoms with Crippen LogP contribution in [-0.4, -0.2) is 13.1 Å². The number of aryl methyl sites for hydroxylation is 1. The molecule has 0 fully saturated rings. The Bertz CT molecular complexity index is 450. The first-order valence-corrected chi connectivity index (χ1v) is 8.75. The molecule has 2 aromatic rings. The van der Waals surface area contributed by atoms with Crippen LogP contribution in [0.15, 0.2) is 33.4 Å². The van der Waals surface area contributed by atoms with E-state index in [1.165, 1.54) is 33.5 Å². The van der Waals surface area contributed by atoms with E-state index in [2.05, 4.69) is 57.3 Å². The molecule has 0 radical (unpaired) electrons. The Morgan fingerprint density at radius 3 is 2.83 bits per heavy atom. The highest BCUT2D eigenvalue weighted by Gasteiger charge is 2.09. The van der Waals surface area contributed by atoms with Crippen LogP contribution in [0.5, 0.6) is 0 Å². The van der Waals surface area contributed by atoms with Crippen LogP contribution in [0.1, 0.15) is 22.6 Å². The Kier molecular flexibility index (Phi) is 5.89. The van der Waals surface area contributed by atoms with E-state index in [0.717, 1.165) is 6.42 Å². The molecule has 0 saturated heterocycles. The monoisotopic (exact) mass is 343 g/mol. The van der Waals surface area contributed by atoms with E-state index in [0.29, 0.717) is 6.04 Å². The largest absolute Gasteiger partial charge is 0.317 e. The molecule has 2 aromatic heterocycles. The third kappa shape index (κ3) is 4.50. The zero-order chi connectivity index (χ0) is 12.8. The van der Waals surface area contributed by atoms with Gasteiger partial charge in [0.15, 0.2) is 0 Å². The summed E-state index contributed by atoms with van der Waals surface area (Å²) in [6.45, 7) is 0. The summed E-state index contributed by atoms with van der Waals surface area (Å²) >= 11 is 7.22. The van der Waals surface area contributed by atoms with Gasteiger partial charge in [0.05, 0.1) is 0 Å². The molecular formula is C14H18BrNS2. The van der Waals surface area contributed by atoms with Crippen LogP contribution in [-0.2, 0) is 12.8 Å². The first-order valence-electron chi connectivity index (χ1n) is 6.20. The molecule has 0 bridgehead atoms. The third-order valence-electron chi connectivity index (χ3n) is 3.03. The molecule has 4 heteroatoms. The van der Waals surface area contributed by atoms with E-state index in [1.807, 2.05) is 22.7 Å². The summed E-state index contributed by atoms with van der Waals surface area (Å²) in [5.74, 6) is 0. The molecule has 2 rings (SSSR count). The zero-order valence-electron chi connectivity index (χ0n) is 10.5. The van der Waals surface area contributed by atoms with Crippen LogP contribution < -0.4 is 5.32 Å². The van der Waals surface area contributed by atoms with Gasteiger partial charge in [0.1, 0.15) is 0 Å². The van der Waals surface area contributed by atoms with Crippen molar-refractivity contribution in [3.8, 4) is 0 Å². The highest BCUT2D eigenvalue weighted by atomic mass is 79.9. The van der Waals surface area contributed by atoms with Crippen molar-refractivity contribution in [3.05, 3.63) is 43.2 Å². The number of rotatable bonds is 7. The van der Waals surface area contributed by atoms with Crippen LogP contribution in [0.25, 0.3) is 0 Å². The molecule has 0 aliphatic heterocycles. The Labute approximate surface area is 125 Å². The smallest absolute Gasteiger partial charge is 0.0285 e. The Balaban J connectivity index is 1.75. The van der Waals surface area contributed by atoms with Crippen molar-refractivity contribution in [2.45, 2.75) is 31.7 Å². The van der Waals surface area contributed by atoms with Crippen molar-refractivity contribution in [1.82, 2.24) is 5.32 Å². The molecule has 18 heavy (non-hydrogen) atoms. The number of hydrogen-bond acceptors (Lipinski definition) is 3. The lowest BCUT2D eigenvalue weighted by atomic mass is 10.1. The molecular weight excluding hydrogens is 326 g/mol. The summed E-state index contributed by atoms with van der Waals surface area (Å²) in [5, 5.41) is 7.76. The number of hydrogen-bond donors (Lipinski definition) is 1. The molecule has 1 N–H and O–H groups in total. The maximum Gasteiger partial charge on any atom is 0.0285 e. The van der Waals surface area contributed by atoms with Gasteiger partial charge in [0, 0.05) is 25.6 Å². The third-order valence-corrected chi connectivity index (χ3v) is 5.69. The van der Waals surface area contributed by atoms with Gasteiger partial charge in [-0.1, -0.05) is 6.07 Å². The van der Waals surface area contributed by atoms with Gasteiger partial charge < -0.3 is 5.32 Å². The van der Waals surface area contributed by atoms with Crippen molar-refractivity contribution < 1.29 is 0 Å². The first kappa shape index (κ1) is 14.3. The van der Waals surface area contributed by atoms with Crippen molar-refractivity contribution in [3.63, 3.8) is 0 Å². The topological polar surface area (TPSA) is 12.0 Å². The van der Waals surface area contributed by atoms with E-state index in [4.69, 9.17) is 0 Å². The fourth-order valence-corrected chi connectivity index (χ4v) is 4.31. The van der Waals surface area contributed by atoms with Crippen LogP contribution >= 0.6 is 38.6 Å². The van der Waals surface area contributed by atoms with Crippen LogP contribution in [0.3, 0.4) is 0 Å². The second-order valence-electron chi connectivity index (χ2n) is 4.39. The maximum atomic E-state index is 3.51. The van der Waals surface area contributed by atoms with E-state index in [9.17, 15) is 0 Å². The van der Waals surface area contributed by atoms with Gasteiger partial charge in [0.25, 0.3) is 0 Å². The standard InChI is InChI=1S/C14H18BrNS2/c1-16-12(9-14-8-11(15)10-18-14)4-2-5-13-6-3-7-17-13/h3,6-8,10,12,16H,2,4-5,9H2,1H3. The quantitative estimate of drug-likeness (QED) is 0.766. The molecule has 0 amide bonds. The first-order chi connectivity index (χ1) is 8.78. The molecule has 98 valence electrons. The van der Waals surface area contributed by atoms with Gasteiger partial charge in [-0.15, -0.1) is 22.7 Å². The Morgan fingerprint density at radius 2 is 2.22 bits per heavy atom. The predicted octanol–water partition coefficient (Wildman–Crippen LogP) is 4.73. The minimum atomic E-state index is 0.593. The van der Waals surface area contributed by atoms with Crippen molar-refractivity contribution in [1.29, 1.82) is 0 Å². The molecule has 0 spiro atoms. The van der Waals surface area contributed by atoms with E-state index in [-0.39, 0.29) is 0 Å². The summed E-state index contributed by atoms with van der Waals surface area (Å²) < 4.78 is 1.20. The van der Waals surface area contributed by atoms with Gasteiger partial charge >= 0.3 is 0 Å². The fourth-order valence-electron chi connectivity index (χ4n) is 2.03. The van der Waals surface area contributed by atoms with Crippen LogP contribution in [0.2, 0.25) is 0 Å². The van der Waals surface area contributed by atoms with E-state index < -0.39 is 0 Å². The van der Waals surface area contributed by atoms with Crippen molar-refractivity contribution >= 4 is 38.6 Å². The van der Waals surface area contributed by atoms with Gasteiger partial charge in [-0.25, -0.2) is 0 Å². The van der Waals surface area contributed by atoms with Gasteiger partial charge in [-0.3, -0.25) is 0 Å². The minimum Gasteiger partial charge on any atom is -0.317 e. The average molecular weight is 344 g/mol.